The standard InChI is InChI=1S/C13H14BrNO3S/c1-18-13(14)9-7-11(8-10-13)15-19(16,17)12-5-3-2-4-6-12/h2-9,15H,10H2,1H3. The number of sulfonamides is 1. The summed E-state index contributed by atoms with van der Waals surface area (Å²) in [7, 11) is -1.94. The number of hydrogen-bond donors (Lipinski definition) is 1. The third-order valence-electron chi connectivity index (χ3n) is 2.76. The van der Waals surface area contributed by atoms with Gasteiger partial charge in [0.25, 0.3) is 10.0 Å². The predicted molar refractivity (Wildman–Crippen MR) is 77.3 cm³/mol. The molecule has 0 aromatic heterocycles. The van der Waals surface area contributed by atoms with Crippen LogP contribution in [0.3, 0.4) is 0 Å². The third-order valence-corrected chi connectivity index (χ3v) is 5.07. The number of hydrogen-bond acceptors (Lipinski definition) is 3. The van der Waals surface area contributed by atoms with Gasteiger partial charge in [0.15, 0.2) is 0 Å². The molecule has 19 heavy (non-hydrogen) atoms. The van der Waals surface area contributed by atoms with Crippen LogP contribution in [0, 0.1) is 0 Å². The summed E-state index contributed by atoms with van der Waals surface area (Å²) < 4.78 is 31.5. The zero-order valence-corrected chi connectivity index (χ0v) is 12.7. The monoisotopic (exact) mass is 343 g/mol. The van der Waals surface area contributed by atoms with Gasteiger partial charge in [-0.05, 0) is 40.2 Å². The van der Waals surface area contributed by atoms with E-state index < -0.39 is 14.5 Å². The second kappa shape index (κ2) is 5.48. The molecule has 0 saturated heterocycles. The van der Waals surface area contributed by atoms with Crippen molar-refractivity contribution in [3.63, 3.8) is 0 Å². The van der Waals surface area contributed by atoms with Gasteiger partial charge >= 0.3 is 0 Å². The van der Waals surface area contributed by atoms with Crippen molar-refractivity contribution in [2.45, 2.75) is 15.8 Å². The summed E-state index contributed by atoms with van der Waals surface area (Å²) in [5.74, 6) is 0. The summed E-state index contributed by atoms with van der Waals surface area (Å²) in [6, 6.07) is 8.26. The van der Waals surface area contributed by atoms with E-state index in [1.807, 2.05) is 0 Å². The maximum atomic E-state index is 12.1. The number of alkyl halides is 1. The number of benzene rings is 1. The highest BCUT2D eigenvalue weighted by Gasteiger charge is 2.25. The zero-order chi connectivity index (χ0) is 13.9. The van der Waals surface area contributed by atoms with E-state index in [0.717, 1.165) is 0 Å². The molecule has 0 aliphatic heterocycles. The molecule has 1 aromatic carbocycles. The van der Waals surface area contributed by atoms with Crippen molar-refractivity contribution in [2.24, 2.45) is 0 Å². The SMILES string of the molecule is COC1(Br)C=CC(NS(=O)(=O)c2ccccc2)=CC1. The van der Waals surface area contributed by atoms with Crippen molar-refractivity contribution in [3.05, 3.63) is 54.3 Å². The molecule has 1 unspecified atom stereocenters. The van der Waals surface area contributed by atoms with Crippen LogP contribution in [0.1, 0.15) is 6.42 Å². The highest BCUT2D eigenvalue weighted by Crippen LogP contribution is 2.30. The first kappa shape index (κ1) is 14.3. The maximum Gasteiger partial charge on any atom is 0.261 e. The minimum absolute atomic E-state index is 0.242. The van der Waals surface area contributed by atoms with Gasteiger partial charge in [-0.25, -0.2) is 8.42 Å². The molecule has 1 N–H and O–H groups in total. The molecule has 1 atom stereocenters. The van der Waals surface area contributed by atoms with Crippen LogP contribution in [0.2, 0.25) is 0 Å². The molecule has 1 aliphatic rings. The molecule has 0 amide bonds. The van der Waals surface area contributed by atoms with Gasteiger partial charge in [-0.15, -0.1) is 0 Å². The Kier molecular flexibility index (Phi) is 4.13. The molecule has 0 heterocycles. The molecule has 2 rings (SSSR count). The molecule has 6 heteroatoms. The molecule has 4 nitrogen and oxygen atoms in total. The number of methoxy groups -OCH3 is 1. The Balaban J connectivity index is 2.14. The molecule has 0 fully saturated rings. The van der Waals surface area contributed by atoms with Crippen molar-refractivity contribution >= 4 is 26.0 Å². The van der Waals surface area contributed by atoms with Crippen LogP contribution in [0.15, 0.2) is 59.2 Å². The van der Waals surface area contributed by atoms with Crippen LogP contribution in [-0.2, 0) is 14.8 Å². The molecule has 0 spiro atoms. The van der Waals surface area contributed by atoms with E-state index in [2.05, 4.69) is 20.7 Å². The summed E-state index contributed by atoms with van der Waals surface area (Å²) in [5.41, 5.74) is 0.538. The molecule has 1 aliphatic carbocycles. The molecule has 0 bridgehead atoms. The molecular weight excluding hydrogens is 330 g/mol. The Hall–Kier alpha value is -1.11. The van der Waals surface area contributed by atoms with E-state index in [4.69, 9.17) is 4.74 Å². The van der Waals surface area contributed by atoms with Crippen molar-refractivity contribution in [1.82, 2.24) is 4.72 Å². The van der Waals surface area contributed by atoms with Crippen molar-refractivity contribution in [2.75, 3.05) is 7.11 Å². The minimum atomic E-state index is -3.53. The quantitative estimate of drug-likeness (QED) is 0.854. The first-order valence-electron chi connectivity index (χ1n) is 5.66. The summed E-state index contributed by atoms with van der Waals surface area (Å²) in [6.45, 7) is 0. The fraction of sp³-hybridized carbons (Fsp3) is 0.231. The largest absolute Gasteiger partial charge is 0.363 e. The Morgan fingerprint density at radius 2 is 2.00 bits per heavy atom. The lowest BCUT2D eigenvalue weighted by Crippen LogP contribution is -2.27. The summed E-state index contributed by atoms with van der Waals surface area (Å²) in [4.78, 5) is 0.242. The smallest absolute Gasteiger partial charge is 0.261 e. The van der Waals surface area contributed by atoms with Crippen LogP contribution in [-0.4, -0.2) is 20.0 Å². The topological polar surface area (TPSA) is 55.4 Å². The van der Waals surface area contributed by atoms with Crippen molar-refractivity contribution in [3.8, 4) is 0 Å². The van der Waals surface area contributed by atoms with Crippen LogP contribution in [0.4, 0.5) is 0 Å². The van der Waals surface area contributed by atoms with Gasteiger partial charge in [0, 0.05) is 19.2 Å². The lowest BCUT2D eigenvalue weighted by Gasteiger charge is -2.24. The summed E-state index contributed by atoms with van der Waals surface area (Å²) >= 11 is 3.42. The van der Waals surface area contributed by atoms with Gasteiger partial charge in [-0.1, -0.05) is 24.3 Å². The van der Waals surface area contributed by atoms with E-state index in [1.54, 1.807) is 55.7 Å². The number of rotatable bonds is 4. The molecule has 102 valence electrons. The Bertz CT molecular complexity index is 610. The fourth-order valence-electron chi connectivity index (χ4n) is 1.64. The van der Waals surface area contributed by atoms with Crippen molar-refractivity contribution in [1.29, 1.82) is 0 Å². The maximum absolute atomic E-state index is 12.1. The van der Waals surface area contributed by atoms with Crippen LogP contribution in [0.25, 0.3) is 0 Å². The second-order valence-corrected chi connectivity index (χ2v) is 7.13. The first-order chi connectivity index (χ1) is 8.95. The van der Waals surface area contributed by atoms with Crippen LogP contribution in [0.5, 0.6) is 0 Å². The van der Waals surface area contributed by atoms with Crippen LogP contribution < -0.4 is 4.72 Å². The summed E-state index contributed by atoms with van der Waals surface area (Å²) in [5, 5.41) is 0. The van der Waals surface area contributed by atoms with Gasteiger partial charge in [0.1, 0.15) is 4.51 Å². The lowest BCUT2D eigenvalue weighted by molar-refractivity contribution is 0.119. The van der Waals surface area contributed by atoms with Gasteiger partial charge in [-0.3, -0.25) is 4.72 Å². The normalized spacial score (nSPS) is 22.9. The van der Waals surface area contributed by atoms with Gasteiger partial charge in [0.05, 0.1) is 4.90 Å². The predicted octanol–water partition coefficient (Wildman–Crippen LogP) is 2.55. The van der Waals surface area contributed by atoms with Crippen molar-refractivity contribution < 1.29 is 13.2 Å². The molecule has 1 aromatic rings. The number of nitrogens with one attached hydrogen (secondary N) is 1. The fourth-order valence-corrected chi connectivity index (χ4v) is 3.03. The van der Waals surface area contributed by atoms with E-state index >= 15 is 0 Å². The Labute approximate surface area is 121 Å². The zero-order valence-electron chi connectivity index (χ0n) is 10.3. The van der Waals surface area contributed by atoms with E-state index in [-0.39, 0.29) is 4.90 Å². The Morgan fingerprint density at radius 1 is 1.32 bits per heavy atom. The molecule has 0 saturated carbocycles. The summed E-state index contributed by atoms with van der Waals surface area (Å²) in [6.07, 6.45) is 5.78. The molecule has 0 radical (unpaired) electrons. The van der Waals surface area contributed by atoms with Gasteiger partial charge < -0.3 is 4.74 Å². The molecular formula is C13H14BrNO3S. The van der Waals surface area contributed by atoms with Gasteiger partial charge in [-0.2, -0.15) is 0 Å². The van der Waals surface area contributed by atoms with E-state index in [9.17, 15) is 8.42 Å². The Morgan fingerprint density at radius 3 is 2.53 bits per heavy atom. The second-order valence-electron chi connectivity index (χ2n) is 4.11. The van der Waals surface area contributed by atoms with Crippen LogP contribution >= 0.6 is 15.9 Å². The number of halogens is 1. The average Bonchev–Trinajstić information content (AvgIpc) is 2.42. The minimum Gasteiger partial charge on any atom is -0.363 e. The third kappa shape index (κ3) is 3.46. The average molecular weight is 344 g/mol. The lowest BCUT2D eigenvalue weighted by atomic mass is 10.1. The first-order valence-corrected chi connectivity index (χ1v) is 7.94. The number of allylic oxidation sites excluding steroid dienone is 1. The van der Waals surface area contributed by atoms with E-state index in [1.165, 1.54) is 0 Å². The van der Waals surface area contributed by atoms with Gasteiger partial charge in [0.2, 0.25) is 0 Å². The highest BCUT2D eigenvalue weighted by atomic mass is 79.9. The number of ether oxygens (including phenoxy) is 1. The van der Waals surface area contributed by atoms with E-state index in [0.29, 0.717) is 12.1 Å². The highest BCUT2D eigenvalue weighted by molar-refractivity contribution is 9.10.